The van der Waals surface area contributed by atoms with E-state index in [0.29, 0.717) is 0 Å². The predicted octanol–water partition coefficient (Wildman–Crippen LogP) is 12.3. The first-order valence-corrected chi connectivity index (χ1v) is 15.0. The fourth-order valence-corrected chi connectivity index (χ4v) is 7.14. The van der Waals surface area contributed by atoms with Crippen LogP contribution in [0.2, 0.25) is 0 Å². The van der Waals surface area contributed by atoms with Gasteiger partial charge in [-0.2, -0.15) is 0 Å². The molecule has 0 fully saturated rings. The molecule has 2 heterocycles. The zero-order chi connectivity index (χ0) is 28.8. The maximum atomic E-state index is 6.41. The lowest BCUT2D eigenvalue weighted by Crippen LogP contribution is -1.86. The number of hydrogen-bond acceptors (Lipinski definition) is 2. The van der Waals surface area contributed by atoms with Gasteiger partial charge in [0.15, 0.2) is 11.2 Å². The van der Waals surface area contributed by atoms with Crippen LogP contribution in [0.1, 0.15) is 0 Å². The number of rotatable bonds is 2. The highest BCUT2D eigenvalue weighted by Crippen LogP contribution is 2.42. The summed E-state index contributed by atoms with van der Waals surface area (Å²) in [7, 11) is 0. The van der Waals surface area contributed by atoms with Crippen LogP contribution in [0.5, 0.6) is 0 Å². The normalized spacial score (nSPS) is 12.1. The van der Waals surface area contributed by atoms with E-state index < -0.39 is 0 Å². The lowest BCUT2D eigenvalue weighted by atomic mass is 9.90. The average Bonchev–Trinajstić information content (AvgIpc) is 3.66. The van der Waals surface area contributed by atoms with Gasteiger partial charge in [-0.15, -0.1) is 0 Å². The van der Waals surface area contributed by atoms with Gasteiger partial charge in [-0.05, 0) is 97.0 Å². The van der Waals surface area contributed by atoms with Crippen molar-refractivity contribution in [2.75, 3.05) is 0 Å². The second-order valence-corrected chi connectivity index (χ2v) is 11.7. The molecule has 8 aromatic carbocycles. The van der Waals surface area contributed by atoms with Gasteiger partial charge in [-0.25, -0.2) is 0 Å². The molecule has 0 saturated carbocycles. The first-order valence-electron chi connectivity index (χ1n) is 15.0. The van der Waals surface area contributed by atoms with Crippen LogP contribution in [0, 0.1) is 0 Å². The van der Waals surface area contributed by atoms with Gasteiger partial charge in [0.2, 0.25) is 0 Å². The van der Waals surface area contributed by atoms with Crippen molar-refractivity contribution in [1.29, 1.82) is 0 Å². The Bertz CT molecular complexity index is 2740. The Kier molecular flexibility index (Phi) is 4.75. The van der Waals surface area contributed by atoms with Crippen LogP contribution in [0.4, 0.5) is 0 Å². The van der Waals surface area contributed by atoms with Crippen molar-refractivity contribution in [3.05, 3.63) is 146 Å². The SMILES string of the molecule is c1ccc(-c2ccc3c4ccc(-c5ccc6oc7c(ccc8c9ccccc9oc87)c6c5)cc4c4ccccc4c3c2)cc1. The summed E-state index contributed by atoms with van der Waals surface area (Å²) in [4.78, 5) is 0. The number of para-hydroxylation sites is 1. The third kappa shape index (κ3) is 3.31. The second kappa shape index (κ2) is 8.82. The molecule has 2 aromatic heterocycles. The van der Waals surface area contributed by atoms with Gasteiger partial charge in [0.25, 0.3) is 0 Å². The third-order valence-corrected chi connectivity index (χ3v) is 9.26. The van der Waals surface area contributed by atoms with Crippen LogP contribution in [0.15, 0.2) is 154 Å². The molecule has 10 rings (SSSR count). The van der Waals surface area contributed by atoms with Crippen molar-refractivity contribution in [1.82, 2.24) is 0 Å². The van der Waals surface area contributed by atoms with Crippen molar-refractivity contribution in [3.63, 3.8) is 0 Å². The van der Waals surface area contributed by atoms with Crippen LogP contribution < -0.4 is 0 Å². The summed E-state index contributed by atoms with van der Waals surface area (Å²) < 4.78 is 12.7. The molecule has 0 spiro atoms. The molecule has 0 amide bonds. The maximum Gasteiger partial charge on any atom is 0.178 e. The molecule has 204 valence electrons. The van der Waals surface area contributed by atoms with Crippen LogP contribution >= 0.6 is 0 Å². The molecule has 2 nitrogen and oxygen atoms in total. The maximum absolute atomic E-state index is 6.41. The van der Waals surface area contributed by atoms with Gasteiger partial charge >= 0.3 is 0 Å². The Morgan fingerprint density at radius 2 is 0.682 bits per heavy atom. The van der Waals surface area contributed by atoms with E-state index in [2.05, 4.69) is 127 Å². The Morgan fingerprint density at radius 1 is 0.250 bits per heavy atom. The topological polar surface area (TPSA) is 26.3 Å². The Labute approximate surface area is 252 Å². The Balaban J connectivity index is 1.18. The van der Waals surface area contributed by atoms with Crippen LogP contribution in [0.3, 0.4) is 0 Å². The quantitative estimate of drug-likeness (QED) is 0.197. The minimum atomic E-state index is 0.802. The summed E-state index contributed by atoms with van der Waals surface area (Å²) >= 11 is 0. The summed E-state index contributed by atoms with van der Waals surface area (Å²) in [5.41, 5.74) is 8.17. The molecule has 0 atom stereocenters. The molecule has 0 saturated heterocycles. The van der Waals surface area contributed by atoms with Crippen LogP contribution in [-0.2, 0) is 0 Å². The van der Waals surface area contributed by atoms with Gasteiger partial charge in [0, 0.05) is 21.5 Å². The molecule has 0 N–H and O–H groups in total. The standard InChI is InChI=1S/C42H24O2/c1-2-8-25(9-3-1)26-14-17-31-32-18-15-27(23-37(32)30-11-5-4-10-29(30)36(31)22-26)28-16-21-40-38(24-28)35-20-19-34-33-12-6-7-13-39(33)43-41(34)42(35)44-40/h1-24H. The minimum Gasteiger partial charge on any atom is -0.452 e. The molecule has 0 unspecified atom stereocenters. The lowest BCUT2D eigenvalue weighted by Gasteiger charge is -2.13. The third-order valence-electron chi connectivity index (χ3n) is 9.26. The summed E-state index contributed by atoms with van der Waals surface area (Å²) in [5.74, 6) is 0. The Hall–Kier alpha value is -5.86. The minimum absolute atomic E-state index is 0.802. The highest BCUT2D eigenvalue weighted by atomic mass is 16.4. The van der Waals surface area contributed by atoms with Gasteiger partial charge in [-0.3, -0.25) is 0 Å². The average molecular weight is 561 g/mol. The van der Waals surface area contributed by atoms with Crippen molar-refractivity contribution in [2.24, 2.45) is 0 Å². The van der Waals surface area contributed by atoms with Crippen molar-refractivity contribution in [3.8, 4) is 22.3 Å². The van der Waals surface area contributed by atoms with Crippen molar-refractivity contribution >= 4 is 76.2 Å². The molecule has 0 aliphatic carbocycles. The van der Waals surface area contributed by atoms with E-state index in [1.54, 1.807) is 0 Å². The highest BCUT2D eigenvalue weighted by Gasteiger charge is 2.17. The van der Waals surface area contributed by atoms with E-state index in [-0.39, 0.29) is 0 Å². The number of hydrogen-bond donors (Lipinski definition) is 0. The monoisotopic (exact) mass is 560 g/mol. The zero-order valence-corrected chi connectivity index (χ0v) is 23.7. The van der Waals surface area contributed by atoms with E-state index >= 15 is 0 Å². The predicted molar refractivity (Wildman–Crippen MR) is 184 cm³/mol. The molecule has 0 aliphatic rings. The highest BCUT2D eigenvalue weighted by molar-refractivity contribution is 6.26. The summed E-state index contributed by atoms with van der Waals surface area (Å²) in [6.07, 6.45) is 0. The molecule has 2 heteroatoms. The molecule has 0 bridgehead atoms. The van der Waals surface area contributed by atoms with Gasteiger partial charge < -0.3 is 8.83 Å². The zero-order valence-electron chi connectivity index (χ0n) is 23.7. The number of fused-ring (bicyclic) bond motifs is 13. The molecule has 44 heavy (non-hydrogen) atoms. The van der Waals surface area contributed by atoms with Crippen molar-refractivity contribution in [2.45, 2.75) is 0 Å². The van der Waals surface area contributed by atoms with Crippen LogP contribution in [0.25, 0.3) is 98.4 Å². The van der Waals surface area contributed by atoms with Gasteiger partial charge in [0.05, 0.1) is 0 Å². The number of furan rings is 2. The fraction of sp³-hybridized carbons (Fsp3) is 0. The first kappa shape index (κ1) is 23.7. The van der Waals surface area contributed by atoms with Crippen LogP contribution in [-0.4, -0.2) is 0 Å². The second-order valence-electron chi connectivity index (χ2n) is 11.7. The summed E-state index contributed by atoms with van der Waals surface area (Å²) in [5, 5.41) is 12.0. The molecular formula is C42H24O2. The summed E-state index contributed by atoms with van der Waals surface area (Å²) in [6, 6.07) is 52.2. The smallest absolute Gasteiger partial charge is 0.178 e. The van der Waals surface area contributed by atoms with E-state index in [4.69, 9.17) is 8.83 Å². The lowest BCUT2D eigenvalue weighted by molar-refractivity contribution is 0.633. The van der Waals surface area contributed by atoms with E-state index in [1.807, 2.05) is 18.2 Å². The first-order chi connectivity index (χ1) is 21.8. The van der Waals surface area contributed by atoms with E-state index in [1.165, 1.54) is 49.0 Å². The molecule has 0 aliphatic heterocycles. The van der Waals surface area contributed by atoms with Crippen molar-refractivity contribution < 1.29 is 8.83 Å². The fourth-order valence-electron chi connectivity index (χ4n) is 7.14. The molecule has 0 radical (unpaired) electrons. The molecular weight excluding hydrogens is 536 g/mol. The molecule has 10 aromatic rings. The van der Waals surface area contributed by atoms with E-state index in [9.17, 15) is 0 Å². The largest absolute Gasteiger partial charge is 0.452 e. The number of benzene rings is 8. The van der Waals surface area contributed by atoms with E-state index in [0.717, 1.165) is 49.4 Å². The Morgan fingerprint density at radius 3 is 1.34 bits per heavy atom. The van der Waals surface area contributed by atoms with Gasteiger partial charge in [0.1, 0.15) is 11.2 Å². The van der Waals surface area contributed by atoms with Gasteiger partial charge in [-0.1, -0.05) is 103 Å². The summed E-state index contributed by atoms with van der Waals surface area (Å²) in [6.45, 7) is 0.